The first-order valence-electron chi connectivity index (χ1n) is 8.60. The number of aliphatic carboxylic acids is 1. The molecule has 128 valence electrons. The fourth-order valence-corrected chi connectivity index (χ4v) is 3.57. The van der Waals surface area contributed by atoms with Crippen molar-refractivity contribution >= 4 is 18.1 Å². The first kappa shape index (κ1) is 18.3. The molecule has 0 aliphatic heterocycles. The number of carboxylic acid groups (broad SMARTS) is 1. The Labute approximate surface area is 144 Å². The summed E-state index contributed by atoms with van der Waals surface area (Å²) in [6, 6.07) is 6.32. The van der Waals surface area contributed by atoms with Crippen LogP contribution in [-0.4, -0.2) is 11.1 Å². The van der Waals surface area contributed by atoms with Gasteiger partial charge >= 0.3 is 5.97 Å². The maximum atomic E-state index is 10.7. The lowest BCUT2D eigenvalue weighted by atomic mass is 9.72. The van der Waals surface area contributed by atoms with E-state index in [1.807, 2.05) is 13.0 Å². The van der Waals surface area contributed by atoms with Crippen molar-refractivity contribution in [3.63, 3.8) is 0 Å². The van der Waals surface area contributed by atoms with E-state index in [9.17, 15) is 4.79 Å². The summed E-state index contributed by atoms with van der Waals surface area (Å²) in [6.07, 6.45) is 9.18. The van der Waals surface area contributed by atoms with Crippen molar-refractivity contribution in [1.82, 2.24) is 0 Å². The average Bonchev–Trinajstić information content (AvgIpc) is 2.43. The number of rotatable bonds is 3. The highest BCUT2D eigenvalue weighted by molar-refractivity contribution is 5.82. The topological polar surface area (TPSA) is 37.3 Å². The molecule has 0 spiro atoms. The van der Waals surface area contributed by atoms with E-state index >= 15 is 0 Å². The van der Waals surface area contributed by atoms with E-state index < -0.39 is 5.97 Å². The SMILES string of the molecule is CC1=C(/C=c2\cc/c(=C\C(C)=C/C(=O)O)cc2C)C(C)(C)CCC1. The largest absolute Gasteiger partial charge is 0.478 e. The van der Waals surface area contributed by atoms with Crippen LogP contribution in [0, 0.1) is 12.3 Å². The number of aryl methyl sites for hydroxylation is 1. The first-order valence-corrected chi connectivity index (χ1v) is 8.60. The standard InChI is InChI=1S/C22H28O2/c1-15(12-21(23)24)11-18-8-9-19(17(3)13-18)14-20-16(2)7-6-10-22(20,4)5/h8-9,11-14H,6-7,10H2,1-5H3,(H,23,24)/b15-12-,18-11+,19-14+. The molecule has 1 aromatic rings. The van der Waals surface area contributed by atoms with Gasteiger partial charge < -0.3 is 5.11 Å². The molecule has 1 aromatic carbocycles. The fraction of sp³-hybridized carbons (Fsp3) is 0.409. The highest BCUT2D eigenvalue weighted by Crippen LogP contribution is 2.40. The third kappa shape index (κ3) is 4.47. The summed E-state index contributed by atoms with van der Waals surface area (Å²) in [7, 11) is 0. The number of carbonyl (C=O) groups is 1. The molecule has 1 aliphatic carbocycles. The van der Waals surface area contributed by atoms with Crippen molar-refractivity contribution in [3.05, 3.63) is 57.0 Å². The van der Waals surface area contributed by atoms with Gasteiger partial charge in [-0.15, -0.1) is 0 Å². The fourth-order valence-electron chi connectivity index (χ4n) is 3.57. The molecule has 2 rings (SSSR count). The van der Waals surface area contributed by atoms with Gasteiger partial charge in [-0.1, -0.05) is 49.8 Å². The molecule has 0 aromatic heterocycles. The van der Waals surface area contributed by atoms with Crippen molar-refractivity contribution in [1.29, 1.82) is 0 Å². The number of benzene rings is 1. The van der Waals surface area contributed by atoms with E-state index in [1.165, 1.54) is 47.3 Å². The third-order valence-electron chi connectivity index (χ3n) is 4.88. The molecule has 2 nitrogen and oxygen atoms in total. The molecule has 0 saturated heterocycles. The van der Waals surface area contributed by atoms with E-state index in [0.717, 1.165) is 10.8 Å². The van der Waals surface area contributed by atoms with Crippen LogP contribution in [0.2, 0.25) is 0 Å². The Bertz CT molecular complexity index is 820. The molecule has 0 saturated carbocycles. The van der Waals surface area contributed by atoms with E-state index in [-0.39, 0.29) is 5.41 Å². The van der Waals surface area contributed by atoms with Gasteiger partial charge in [-0.25, -0.2) is 4.79 Å². The van der Waals surface area contributed by atoms with Gasteiger partial charge in [0, 0.05) is 6.08 Å². The van der Waals surface area contributed by atoms with Crippen molar-refractivity contribution in [2.45, 2.75) is 53.9 Å². The van der Waals surface area contributed by atoms with E-state index in [4.69, 9.17) is 5.11 Å². The minimum atomic E-state index is -0.910. The van der Waals surface area contributed by atoms with Gasteiger partial charge in [0.1, 0.15) is 0 Å². The molecule has 0 fully saturated rings. The summed E-state index contributed by atoms with van der Waals surface area (Å²) < 4.78 is 0. The Balaban J connectivity index is 2.48. The molecular formula is C22H28O2. The predicted molar refractivity (Wildman–Crippen MR) is 101 cm³/mol. The number of hydrogen-bond donors (Lipinski definition) is 1. The van der Waals surface area contributed by atoms with Gasteiger partial charge in [-0.05, 0) is 72.6 Å². The normalized spacial score (nSPS) is 19.8. The molecule has 0 heterocycles. The summed E-state index contributed by atoms with van der Waals surface area (Å²) in [5.74, 6) is -0.910. The lowest BCUT2D eigenvalue weighted by Crippen LogP contribution is -2.21. The second-order valence-electron chi connectivity index (χ2n) is 7.56. The van der Waals surface area contributed by atoms with Crippen LogP contribution in [0.3, 0.4) is 0 Å². The molecule has 24 heavy (non-hydrogen) atoms. The van der Waals surface area contributed by atoms with Gasteiger partial charge in [0.25, 0.3) is 0 Å². The Morgan fingerprint density at radius 3 is 2.54 bits per heavy atom. The van der Waals surface area contributed by atoms with Crippen LogP contribution in [0.15, 0.2) is 41.0 Å². The van der Waals surface area contributed by atoms with Crippen molar-refractivity contribution in [2.75, 3.05) is 0 Å². The zero-order chi connectivity index (χ0) is 17.9. The van der Waals surface area contributed by atoms with E-state index in [0.29, 0.717) is 0 Å². The highest BCUT2D eigenvalue weighted by Gasteiger charge is 2.26. The summed E-state index contributed by atoms with van der Waals surface area (Å²) in [4.78, 5) is 10.7. The van der Waals surface area contributed by atoms with Gasteiger partial charge in [0.05, 0.1) is 0 Å². The lowest BCUT2D eigenvalue weighted by molar-refractivity contribution is -0.131. The zero-order valence-corrected chi connectivity index (χ0v) is 15.4. The summed E-state index contributed by atoms with van der Waals surface area (Å²) in [5, 5.41) is 11.1. The highest BCUT2D eigenvalue weighted by atomic mass is 16.4. The number of hydrogen-bond acceptors (Lipinski definition) is 1. The first-order chi connectivity index (χ1) is 11.2. The molecular weight excluding hydrogens is 296 g/mol. The maximum Gasteiger partial charge on any atom is 0.328 e. The minimum absolute atomic E-state index is 0.236. The molecule has 1 N–H and O–H groups in total. The van der Waals surface area contributed by atoms with Crippen molar-refractivity contribution in [3.8, 4) is 0 Å². The summed E-state index contributed by atoms with van der Waals surface area (Å²) in [6.45, 7) is 10.8. The van der Waals surface area contributed by atoms with Crippen molar-refractivity contribution < 1.29 is 9.90 Å². The maximum absolute atomic E-state index is 10.7. The van der Waals surface area contributed by atoms with Crippen LogP contribution in [-0.2, 0) is 4.79 Å². The molecule has 0 bridgehead atoms. The van der Waals surface area contributed by atoms with Gasteiger partial charge in [-0.2, -0.15) is 0 Å². The molecule has 0 amide bonds. The predicted octanol–water partition coefficient (Wildman–Crippen LogP) is 4.11. The van der Waals surface area contributed by atoms with Crippen LogP contribution in [0.4, 0.5) is 0 Å². The molecule has 0 atom stereocenters. The van der Waals surface area contributed by atoms with E-state index in [2.05, 4.69) is 52.0 Å². The van der Waals surface area contributed by atoms with Gasteiger partial charge in [-0.3, -0.25) is 0 Å². The van der Waals surface area contributed by atoms with Crippen LogP contribution in [0.5, 0.6) is 0 Å². The Morgan fingerprint density at radius 2 is 1.96 bits per heavy atom. The molecule has 2 heteroatoms. The Kier molecular flexibility index (Phi) is 5.48. The number of carboxylic acids is 1. The van der Waals surface area contributed by atoms with Gasteiger partial charge in [0.2, 0.25) is 0 Å². The van der Waals surface area contributed by atoms with Crippen molar-refractivity contribution in [2.24, 2.45) is 5.41 Å². The van der Waals surface area contributed by atoms with E-state index in [1.54, 1.807) is 0 Å². The average molecular weight is 324 g/mol. The van der Waals surface area contributed by atoms with Crippen LogP contribution < -0.4 is 10.4 Å². The van der Waals surface area contributed by atoms with Gasteiger partial charge in [0.15, 0.2) is 0 Å². The second-order valence-corrected chi connectivity index (χ2v) is 7.56. The molecule has 1 aliphatic rings. The lowest BCUT2D eigenvalue weighted by Gasteiger charge is -2.33. The smallest absolute Gasteiger partial charge is 0.328 e. The zero-order valence-electron chi connectivity index (χ0n) is 15.4. The Hall–Kier alpha value is -2.09. The quantitative estimate of drug-likeness (QED) is 0.850. The second kappa shape index (κ2) is 7.21. The Morgan fingerprint density at radius 1 is 1.25 bits per heavy atom. The third-order valence-corrected chi connectivity index (χ3v) is 4.88. The molecule has 0 radical (unpaired) electrons. The summed E-state index contributed by atoms with van der Waals surface area (Å²) >= 11 is 0. The van der Waals surface area contributed by atoms with Crippen LogP contribution in [0.1, 0.15) is 52.5 Å². The number of allylic oxidation sites excluding steroid dienone is 3. The minimum Gasteiger partial charge on any atom is -0.478 e. The monoisotopic (exact) mass is 324 g/mol. The van der Waals surface area contributed by atoms with Crippen LogP contribution >= 0.6 is 0 Å². The van der Waals surface area contributed by atoms with Crippen LogP contribution in [0.25, 0.3) is 12.2 Å². The molecule has 0 unspecified atom stereocenters. The summed E-state index contributed by atoms with van der Waals surface area (Å²) in [5.41, 5.74) is 5.16.